The Morgan fingerprint density at radius 3 is 2.72 bits per heavy atom. The van der Waals surface area contributed by atoms with Gasteiger partial charge in [0.15, 0.2) is 0 Å². The molecule has 1 saturated heterocycles. The number of aryl methyl sites for hydroxylation is 1. The van der Waals surface area contributed by atoms with E-state index < -0.39 is 0 Å². The molecular weight excluding hydrogens is 226 g/mol. The molecular formula is C15H23NO2. The first kappa shape index (κ1) is 13.4. The number of hydrogen-bond donors (Lipinski definition) is 0. The van der Waals surface area contributed by atoms with Crippen LogP contribution < -0.4 is 4.74 Å². The van der Waals surface area contributed by atoms with Gasteiger partial charge in [-0.05, 0) is 32.5 Å². The lowest BCUT2D eigenvalue weighted by atomic mass is 10.2. The quantitative estimate of drug-likeness (QED) is 0.818. The van der Waals surface area contributed by atoms with Gasteiger partial charge in [0.1, 0.15) is 18.5 Å². The number of benzene rings is 1. The van der Waals surface area contributed by atoms with E-state index in [1.165, 1.54) is 5.56 Å². The van der Waals surface area contributed by atoms with Crippen molar-refractivity contribution in [1.82, 2.24) is 4.90 Å². The van der Waals surface area contributed by atoms with Gasteiger partial charge in [0.05, 0.1) is 6.61 Å². The number of rotatable bonds is 4. The monoisotopic (exact) mass is 249 g/mol. The SMILES string of the molecule is CCN1CC(COc2ccc(C)cc2)OCC1C. The van der Waals surface area contributed by atoms with Gasteiger partial charge in [-0.2, -0.15) is 0 Å². The standard InChI is InChI=1S/C15H23NO2/c1-4-16-9-15(17-10-13(16)3)11-18-14-7-5-12(2)6-8-14/h5-8,13,15H,4,9-11H2,1-3H3. The molecule has 0 amide bonds. The summed E-state index contributed by atoms with van der Waals surface area (Å²) in [5.41, 5.74) is 1.25. The zero-order valence-electron chi connectivity index (χ0n) is 11.6. The fourth-order valence-electron chi connectivity index (χ4n) is 2.24. The molecule has 0 aliphatic carbocycles. The van der Waals surface area contributed by atoms with Crippen LogP contribution in [0.25, 0.3) is 0 Å². The topological polar surface area (TPSA) is 21.7 Å². The summed E-state index contributed by atoms with van der Waals surface area (Å²) < 4.78 is 11.6. The lowest BCUT2D eigenvalue weighted by molar-refractivity contribution is -0.0720. The Kier molecular flexibility index (Phi) is 4.61. The maximum absolute atomic E-state index is 5.80. The minimum absolute atomic E-state index is 0.183. The summed E-state index contributed by atoms with van der Waals surface area (Å²) >= 11 is 0. The van der Waals surface area contributed by atoms with E-state index in [1.807, 2.05) is 12.1 Å². The van der Waals surface area contributed by atoms with Crippen LogP contribution in [-0.4, -0.2) is 43.3 Å². The molecule has 0 saturated carbocycles. The highest BCUT2D eigenvalue weighted by atomic mass is 16.5. The Morgan fingerprint density at radius 2 is 2.06 bits per heavy atom. The Bertz CT molecular complexity index is 363. The van der Waals surface area contributed by atoms with E-state index >= 15 is 0 Å². The average molecular weight is 249 g/mol. The summed E-state index contributed by atoms with van der Waals surface area (Å²) in [7, 11) is 0. The van der Waals surface area contributed by atoms with Gasteiger partial charge in [-0.25, -0.2) is 0 Å². The molecule has 2 unspecified atom stereocenters. The molecule has 0 bridgehead atoms. The smallest absolute Gasteiger partial charge is 0.119 e. The van der Waals surface area contributed by atoms with Crippen molar-refractivity contribution in [1.29, 1.82) is 0 Å². The summed E-state index contributed by atoms with van der Waals surface area (Å²) in [4.78, 5) is 2.44. The van der Waals surface area contributed by atoms with Crippen molar-refractivity contribution < 1.29 is 9.47 Å². The second-order valence-corrected chi connectivity index (χ2v) is 5.02. The molecule has 1 aromatic carbocycles. The predicted molar refractivity (Wildman–Crippen MR) is 73.1 cm³/mol. The fourth-order valence-corrected chi connectivity index (χ4v) is 2.24. The molecule has 0 aromatic heterocycles. The molecule has 0 spiro atoms. The molecule has 2 rings (SSSR count). The van der Waals surface area contributed by atoms with Gasteiger partial charge < -0.3 is 9.47 Å². The number of hydrogen-bond acceptors (Lipinski definition) is 3. The first-order valence-corrected chi connectivity index (χ1v) is 6.74. The van der Waals surface area contributed by atoms with Gasteiger partial charge >= 0.3 is 0 Å². The maximum Gasteiger partial charge on any atom is 0.119 e. The normalized spacial score (nSPS) is 25.1. The van der Waals surface area contributed by atoms with Crippen LogP contribution >= 0.6 is 0 Å². The second-order valence-electron chi connectivity index (χ2n) is 5.02. The third-order valence-corrected chi connectivity index (χ3v) is 3.50. The van der Waals surface area contributed by atoms with Gasteiger partial charge in [0.2, 0.25) is 0 Å². The van der Waals surface area contributed by atoms with Crippen molar-refractivity contribution in [2.24, 2.45) is 0 Å². The summed E-state index contributed by atoms with van der Waals surface area (Å²) in [5.74, 6) is 0.922. The van der Waals surface area contributed by atoms with Crippen molar-refractivity contribution in [3.8, 4) is 5.75 Å². The molecule has 3 nitrogen and oxygen atoms in total. The summed E-state index contributed by atoms with van der Waals surface area (Å²) in [6.45, 7) is 9.95. The number of morpholine rings is 1. The van der Waals surface area contributed by atoms with Crippen LogP contribution in [0.15, 0.2) is 24.3 Å². The highest BCUT2D eigenvalue weighted by Gasteiger charge is 2.25. The molecule has 0 N–H and O–H groups in total. The highest BCUT2D eigenvalue weighted by molar-refractivity contribution is 5.26. The number of nitrogens with zero attached hydrogens (tertiary/aromatic N) is 1. The summed E-state index contributed by atoms with van der Waals surface area (Å²) in [6, 6.07) is 8.68. The molecule has 2 atom stereocenters. The van der Waals surface area contributed by atoms with Crippen molar-refractivity contribution in [3.63, 3.8) is 0 Å². The van der Waals surface area contributed by atoms with E-state index in [0.717, 1.165) is 25.4 Å². The summed E-state index contributed by atoms with van der Waals surface area (Å²) in [6.07, 6.45) is 0.183. The zero-order chi connectivity index (χ0) is 13.0. The Labute approximate surface area is 110 Å². The average Bonchev–Trinajstić information content (AvgIpc) is 2.39. The lowest BCUT2D eigenvalue weighted by Crippen LogP contribution is -2.49. The minimum Gasteiger partial charge on any atom is -0.491 e. The molecule has 3 heteroatoms. The third-order valence-electron chi connectivity index (χ3n) is 3.50. The van der Waals surface area contributed by atoms with Crippen LogP contribution in [-0.2, 0) is 4.74 Å². The van der Waals surface area contributed by atoms with Crippen molar-refractivity contribution in [2.45, 2.75) is 32.9 Å². The Hall–Kier alpha value is -1.06. The Balaban J connectivity index is 1.81. The molecule has 18 heavy (non-hydrogen) atoms. The molecule has 1 aromatic rings. The van der Waals surface area contributed by atoms with Crippen LogP contribution in [0.5, 0.6) is 5.75 Å². The van der Waals surface area contributed by atoms with E-state index in [-0.39, 0.29) is 6.10 Å². The Morgan fingerprint density at radius 1 is 1.33 bits per heavy atom. The second kappa shape index (κ2) is 6.21. The molecule has 1 aliphatic heterocycles. The van der Waals surface area contributed by atoms with E-state index in [9.17, 15) is 0 Å². The van der Waals surface area contributed by atoms with Crippen molar-refractivity contribution >= 4 is 0 Å². The van der Waals surface area contributed by atoms with E-state index in [1.54, 1.807) is 0 Å². The number of ether oxygens (including phenoxy) is 2. The van der Waals surface area contributed by atoms with Gasteiger partial charge in [-0.3, -0.25) is 4.90 Å². The van der Waals surface area contributed by atoms with Crippen LogP contribution in [0.1, 0.15) is 19.4 Å². The van der Waals surface area contributed by atoms with Gasteiger partial charge in [0.25, 0.3) is 0 Å². The molecule has 0 radical (unpaired) electrons. The molecule has 100 valence electrons. The van der Waals surface area contributed by atoms with E-state index in [0.29, 0.717) is 12.6 Å². The molecule has 1 heterocycles. The highest BCUT2D eigenvalue weighted by Crippen LogP contribution is 2.15. The minimum atomic E-state index is 0.183. The fraction of sp³-hybridized carbons (Fsp3) is 0.600. The third kappa shape index (κ3) is 3.47. The summed E-state index contributed by atoms with van der Waals surface area (Å²) in [5, 5.41) is 0. The number of likely N-dealkylation sites (N-methyl/N-ethyl adjacent to an activating group) is 1. The van der Waals surface area contributed by atoms with Crippen LogP contribution in [0.3, 0.4) is 0 Å². The van der Waals surface area contributed by atoms with E-state index in [4.69, 9.17) is 9.47 Å². The van der Waals surface area contributed by atoms with Crippen LogP contribution in [0.2, 0.25) is 0 Å². The predicted octanol–water partition coefficient (Wildman–Crippen LogP) is 2.48. The first-order valence-electron chi connectivity index (χ1n) is 6.74. The zero-order valence-corrected chi connectivity index (χ0v) is 11.6. The van der Waals surface area contributed by atoms with Crippen molar-refractivity contribution in [3.05, 3.63) is 29.8 Å². The van der Waals surface area contributed by atoms with Gasteiger partial charge in [0, 0.05) is 12.6 Å². The van der Waals surface area contributed by atoms with Gasteiger partial charge in [-0.1, -0.05) is 24.6 Å². The first-order chi connectivity index (χ1) is 8.69. The van der Waals surface area contributed by atoms with E-state index in [2.05, 4.69) is 37.8 Å². The van der Waals surface area contributed by atoms with Crippen LogP contribution in [0.4, 0.5) is 0 Å². The van der Waals surface area contributed by atoms with Crippen molar-refractivity contribution in [2.75, 3.05) is 26.3 Å². The largest absolute Gasteiger partial charge is 0.491 e. The lowest BCUT2D eigenvalue weighted by Gasteiger charge is -2.37. The van der Waals surface area contributed by atoms with Gasteiger partial charge in [-0.15, -0.1) is 0 Å². The van der Waals surface area contributed by atoms with Crippen LogP contribution in [0, 0.1) is 6.92 Å². The maximum atomic E-state index is 5.80. The molecule has 1 fully saturated rings. The molecule has 1 aliphatic rings.